The smallest absolute Gasteiger partial charge is 0.0155 e. The van der Waals surface area contributed by atoms with Crippen LogP contribution in [0.2, 0.25) is 0 Å². The quantitative estimate of drug-likeness (QED) is 0.189. The monoisotopic (exact) mass is 383 g/mol. The fourth-order valence-corrected chi connectivity index (χ4v) is 4.13. The molecule has 3 nitrogen and oxygen atoms in total. The average Bonchev–Trinajstić information content (AvgIpc) is 2.68. The van der Waals surface area contributed by atoms with Crippen molar-refractivity contribution >= 4 is 0 Å². The van der Waals surface area contributed by atoms with Crippen molar-refractivity contribution in [3.63, 3.8) is 0 Å². The minimum Gasteiger partial charge on any atom is -0.330 e. The van der Waals surface area contributed by atoms with E-state index in [0.29, 0.717) is 0 Å². The number of hydrogen-bond donors (Lipinski definition) is 3. The molecule has 0 aliphatic rings. The topological polar surface area (TPSA) is 78.1 Å². The zero-order chi connectivity index (χ0) is 20.1. The standard InChI is InChI=1S/C24H53N3/c1-2-3-4-5-6-7-8-9-10-11-12-13-14-15-16-19-24(27,20-17-22-25)21-18-23-26/h2-23,25-27H2,1H3. The van der Waals surface area contributed by atoms with Crippen molar-refractivity contribution < 1.29 is 0 Å². The Hall–Kier alpha value is -0.120. The maximum atomic E-state index is 6.61. The summed E-state index contributed by atoms with van der Waals surface area (Å²) in [6, 6.07) is 0. The van der Waals surface area contributed by atoms with E-state index in [-0.39, 0.29) is 5.54 Å². The molecule has 0 atom stereocenters. The summed E-state index contributed by atoms with van der Waals surface area (Å²) in [5.74, 6) is 0. The highest BCUT2D eigenvalue weighted by atomic mass is 14.7. The fourth-order valence-electron chi connectivity index (χ4n) is 4.13. The van der Waals surface area contributed by atoms with Gasteiger partial charge in [-0.25, -0.2) is 0 Å². The summed E-state index contributed by atoms with van der Waals surface area (Å²) in [6.45, 7) is 3.79. The predicted molar refractivity (Wildman–Crippen MR) is 123 cm³/mol. The van der Waals surface area contributed by atoms with Gasteiger partial charge in [0, 0.05) is 5.54 Å². The number of rotatable bonds is 22. The van der Waals surface area contributed by atoms with Crippen LogP contribution in [0.15, 0.2) is 0 Å². The van der Waals surface area contributed by atoms with Gasteiger partial charge < -0.3 is 17.2 Å². The highest BCUT2D eigenvalue weighted by molar-refractivity contribution is 4.84. The molecule has 0 fully saturated rings. The zero-order valence-electron chi connectivity index (χ0n) is 18.8. The Morgan fingerprint density at radius 2 is 0.741 bits per heavy atom. The van der Waals surface area contributed by atoms with Crippen LogP contribution in [0.3, 0.4) is 0 Å². The van der Waals surface area contributed by atoms with Crippen molar-refractivity contribution in [3.05, 3.63) is 0 Å². The molecule has 0 aliphatic heterocycles. The molecule has 3 heteroatoms. The van der Waals surface area contributed by atoms with E-state index in [1.54, 1.807) is 0 Å². The van der Waals surface area contributed by atoms with Gasteiger partial charge in [-0.1, -0.05) is 103 Å². The SMILES string of the molecule is CCCCCCCCCCCCCCCCCC(N)(CCCN)CCCN. The molecule has 0 aliphatic carbocycles. The van der Waals surface area contributed by atoms with Gasteiger partial charge in [-0.05, 0) is 45.2 Å². The molecule has 6 N–H and O–H groups in total. The second-order valence-corrected chi connectivity index (χ2v) is 8.85. The summed E-state index contributed by atoms with van der Waals surface area (Å²) in [4.78, 5) is 0. The Morgan fingerprint density at radius 3 is 1.07 bits per heavy atom. The zero-order valence-corrected chi connectivity index (χ0v) is 18.8. The lowest BCUT2D eigenvalue weighted by Crippen LogP contribution is -2.40. The summed E-state index contributed by atoms with van der Waals surface area (Å²) in [5, 5.41) is 0. The van der Waals surface area contributed by atoms with Gasteiger partial charge in [0.25, 0.3) is 0 Å². The fraction of sp³-hybridized carbons (Fsp3) is 1.00. The lowest BCUT2D eigenvalue weighted by molar-refractivity contribution is 0.314. The van der Waals surface area contributed by atoms with E-state index >= 15 is 0 Å². The highest BCUT2D eigenvalue weighted by Gasteiger charge is 2.22. The molecule has 0 saturated heterocycles. The number of hydrogen-bond acceptors (Lipinski definition) is 3. The van der Waals surface area contributed by atoms with Crippen LogP contribution in [0.25, 0.3) is 0 Å². The van der Waals surface area contributed by atoms with Crippen LogP contribution in [0.1, 0.15) is 135 Å². The van der Waals surface area contributed by atoms with Crippen molar-refractivity contribution in [2.75, 3.05) is 13.1 Å². The van der Waals surface area contributed by atoms with Crippen LogP contribution in [0, 0.1) is 0 Å². The van der Waals surface area contributed by atoms with Crippen molar-refractivity contribution in [3.8, 4) is 0 Å². The molecule has 0 saturated carbocycles. The molecular weight excluding hydrogens is 330 g/mol. The highest BCUT2D eigenvalue weighted by Crippen LogP contribution is 2.24. The first kappa shape index (κ1) is 26.9. The van der Waals surface area contributed by atoms with Crippen molar-refractivity contribution in [1.82, 2.24) is 0 Å². The second kappa shape index (κ2) is 20.6. The maximum Gasteiger partial charge on any atom is 0.0155 e. The predicted octanol–water partition coefficient (Wildman–Crippen LogP) is 6.42. The summed E-state index contributed by atoms with van der Waals surface area (Å²) in [6.07, 6.45) is 26.5. The lowest BCUT2D eigenvalue weighted by atomic mass is 9.84. The normalized spacial score (nSPS) is 12.0. The summed E-state index contributed by atoms with van der Waals surface area (Å²) in [5.41, 5.74) is 17.9. The van der Waals surface area contributed by atoms with Crippen LogP contribution in [0.5, 0.6) is 0 Å². The Labute approximate surface area is 171 Å². The third kappa shape index (κ3) is 19.0. The van der Waals surface area contributed by atoms with E-state index in [1.807, 2.05) is 0 Å². The van der Waals surface area contributed by atoms with Crippen LogP contribution in [-0.2, 0) is 0 Å². The van der Waals surface area contributed by atoms with Gasteiger partial charge in [-0.15, -0.1) is 0 Å². The molecule has 0 aromatic carbocycles. The van der Waals surface area contributed by atoms with E-state index in [1.165, 1.54) is 96.3 Å². The Kier molecular flexibility index (Phi) is 20.5. The van der Waals surface area contributed by atoms with E-state index < -0.39 is 0 Å². The Morgan fingerprint density at radius 1 is 0.444 bits per heavy atom. The minimum absolute atomic E-state index is 0.0186. The van der Waals surface area contributed by atoms with Crippen LogP contribution in [-0.4, -0.2) is 18.6 Å². The first-order chi connectivity index (χ1) is 13.2. The van der Waals surface area contributed by atoms with Crippen LogP contribution in [0.4, 0.5) is 0 Å². The van der Waals surface area contributed by atoms with E-state index in [9.17, 15) is 0 Å². The van der Waals surface area contributed by atoms with Crippen molar-refractivity contribution in [1.29, 1.82) is 0 Å². The first-order valence-electron chi connectivity index (χ1n) is 12.4. The van der Waals surface area contributed by atoms with Crippen LogP contribution < -0.4 is 17.2 Å². The molecule has 27 heavy (non-hydrogen) atoms. The third-order valence-corrected chi connectivity index (χ3v) is 6.04. The number of unbranched alkanes of at least 4 members (excludes halogenated alkanes) is 14. The van der Waals surface area contributed by atoms with E-state index in [4.69, 9.17) is 17.2 Å². The van der Waals surface area contributed by atoms with Gasteiger partial charge in [0.1, 0.15) is 0 Å². The molecule has 0 rings (SSSR count). The molecule has 0 aromatic heterocycles. The van der Waals surface area contributed by atoms with Crippen molar-refractivity contribution in [2.45, 2.75) is 141 Å². The number of nitrogens with two attached hydrogens (primary N) is 3. The maximum absolute atomic E-state index is 6.61. The average molecular weight is 384 g/mol. The minimum atomic E-state index is -0.0186. The largest absolute Gasteiger partial charge is 0.330 e. The molecular formula is C24H53N3. The second-order valence-electron chi connectivity index (χ2n) is 8.85. The van der Waals surface area contributed by atoms with Gasteiger partial charge in [0.2, 0.25) is 0 Å². The van der Waals surface area contributed by atoms with Crippen molar-refractivity contribution in [2.24, 2.45) is 17.2 Å². The first-order valence-corrected chi connectivity index (χ1v) is 12.4. The summed E-state index contributed by atoms with van der Waals surface area (Å²) in [7, 11) is 0. The summed E-state index contributed by atoms with van der Waals surface area (Å²) >= 11 is 0. The molecule has 0 radical (unpaired) electrons. The molecule has 0 amide bonds. The van der Waals surface area contributed by atoms with Gasteiger partial charge >= 0.3 is 0 Å². The molecule has 0 bridgehead atoms. The van der Waals surface area contributed by atoms with Gasteiger partial charge in [-0.3, -0.25) is 0 Å². The molecule has 164 valence electrons. The molecule has 0 spiro atoms. The summed E-state index contributed by atoms with van der Waals surface area (Å²) < 4.78 is 0. The third-order valence-electron chi connectivity index (χ3n) is 6.04. The Bertz CT molecular complexity index is 273. The Balaban J connectivity index is 3.41. The lowest BCUT2D eigenvalue weighted by Gasteiger charge is -2.29. The van der Waals surface area contributed by atoms with Gasteiger partial charge in [0.15, 0.2) is 0 Å². The molecule has 0 aromatic rings. The van der Waals surface area contributed by atoms with Crippen LogP contribution >= 0.6 is 0 Å². The molecule has 0 unspecified atom stereocenters. The van der Waals surface area contributed by atoms with Gasteiger partial charge in [0.05, 0.1) is 0 Å². The molecule has 0 heterocycles. The van der Waals surface area contributed by atoms with E-state index in [2.05, 4.69) is 6.92 Å². The van der Waals surface area contributed by atoms with Gasteiger partial charge in [-0.2, -0.15) is 0 Å². The van der Waals surface area contributed by atoms with E-state index in [0.717, 1.165) is 45.2 Å².